The molecule has 0 saturated carbocycles. The van der Waals surface area contributed by atoms with Gasteiger partial charge in [-0.3, -0.25) is 19.1 Å². The molecule has 9 heteroatoms. The van der Waals surface area contributed by atoms with Crippen LogP contribution in [0.4, 0.5) is 5.82 Å². The first-order valence-corrected chi connectivity index (χ1v) is 11.8. The fourth-order valence-electron chi connectivity index (χ4n) is 3.94. The fourth-order valence-corrected chi connectivity index (χ4v) is 5.23. The smallest absolute Gasteiger partial charge is 0.270 e. The van der Waals surface area contributed by atoms with Crippen molar-refractivity contribution in [3.8, 4) is 6.07 Å². The molecule has 2 aliphatic heterocycles. The van der Waals surface area contributed by atoms with Gasteiger partial charge in [-0.1, -0.05) is 37.3 Å². The number of aromatic nitrogens is 1. The van der Waals surface area contributed by atoms with Crippen LogP contribution in [-0.4, -0.2) is 53.0 Å². The summed E-state index contributed by atoms with van der Waals surface area (Å²) in [5.41, 5.74) is 1.27. The van der Waals surface area contributed by atoms with Gasteiger partial charge >= 0.3 is 0 Å². The predicted octanol–water partition coefficient (Wildman–Crippen LogP) is 3.28. The molecule has 3 rings (SSSR count). The number of carbonyl (C=O) groups excluding carboxylic acids is 1. The van der Waals surface area contributed by atoms with Crippen molar-refractivity contribution in [2.75, 3.05) is 38.3 Å². The van der Waals surface area contributed by atoms with E-state index in [0.29, 0.717) is 34.5 Å². The number of nitrogens with zero attached hydrogens (tertiary/aromatic N) is 4. The van der Waals surface area contributed by atoms with Crippen LogP contribution < -0.4 is 10.5 Å². The van der Waals surface area contributed by atoms with Crippen LogP contribution in [0.1, 0.15) is 49.3 Å². The number of pyridine rings is 1. The molecule has 0 bridgehead atoms. The van der Waals surface area contributed by atoms with E-state index in [1.807, 2.05) is 6.08 Å². The van der Waals surface area contributed by atoms with E-state index >= 15 is 0 Å². The lowest BCUT2D eigenvalue weighted by Crippen LogP contribution is -2.33. The minimum atomic E-state index is -0.250. The largest absolute Gasteiger partial charge is 0.383 e. The molecule has 31 heavy (non-hydrogen) atoms. The van der Waals surface area contributed by atoms with Crippen LogP contribution in [-0.2, 0) is 16.1 Å². The average molecular weight is 461 g/mol. The first kappa shape index (κ1) is 23.5. The Hall–Kier alpha value is -2.15. The Kier molecular flexibility index (Phi) is 7.92. The molecule has 0 atom stereocenters. The molecule has 7 nitrogen and oxygen atoms in total. The van der Waals surface area contributed by atoms with Gasteiger partial charge in [-0.2, -0.15) is 5.26 Å². The van der Waals surface area contributed by atoms with Crippen LogP contribution in [0.5, 0.6) is 0 Å². The number of hydrogen-bond donors (Lipinski definition) is 0. The highest BCUT2D eigenvalue weighted by Gasteiger charge is 2.33. The minimum absolute atomic E-state index is 0.139. The zero-order valence-electron chi connectivity index (χ0n) is 18.3. The van der Waals surface area contributed by atoms with E-state index < -0.39 is 0 Å². The van der Waals surface area contributed by atoms with Gasteiger partial charge in [-0.15, -0.1) is 0 Å². The summed E-state index contributed by atoms with van der Waals surface area (Å²) in [6.07, 6.45) is 5.71. The second kappa shape index (κ2) is 10.4. The van der Waals surface area contributed by atoms with Gasteiger partial charge < -0.3 is 9.64 Å². The van der Waals surface area contributed by atoms with Gasteiger partial charge in [0.05, 0.1) is 18.1 Å². The number of unbranched alkanes of at least 4 members (excludes halogenated alkanes) is 1. The fraction of sp³-hybridized carbons (Fsp3) is 0.545. The van der Waals surface area contributed by atoms with Crippen molar-refractivity contribution in [3.63, 3.8) is 0 Å². The van der Waals surface area contributed by atoms with Crippen molar-refractivity contribution in [2.24, 2.45) is 0 Å². The monoisotopic (exact) mass is 460 g/mol. The lowest BCUT2D eigenvalue weighted by atomic mass is 10.0. The van der Waals surface area contributed by atoms with Gasteiger partial charge in [0.2, 0.25) is 0 Å². The van der Waals surface area contributed by atoms with Gasteiger partial charge in [0.25, 0.3) is 11.5 Å². The van der Waals surface area contributed by atoms with Crippen LogP contribution in [0.15, 0.2) is 9.70 Å². The summed E-state index contributed by atoms with van der Waals surface area (Å²) in [5, 5.41) is 9.71. The van der Waals surface area contributed by atoms with E-state index in [9.17, 15) is 14.9 Å². The zero-order chi connectivity index (χ0) is 22.5. The maximum atomic E-state index is 13.2. The van der Waals surface area contributed by atoms with Gasteiger partial charge in [0, 0.05) is 32.3 Å². The number of thioether (sulfide) groups is 1. The maximum Gasteiger partial charge on any atom is 0.270 e. The predicted molar refractivity (Wildman–Crippen MR) is 128 cm³/mol. The molecule has 2 fully saturated rings. The first-order valence-electron chi connectivity index (χ1n) is 10.6. The first-order chi connectivity index (χ1) is 14.9. The summed E-state index contributed by atoms with van der Waals surface area (Å²) in [7, 11) is 1.59. The number of methoxy groups -OCH3 is 1. The van der Waals surface area contributed by atoms with Crippen molar-refractivity contribution in [1.29, 1.82) is 5.26 Å². The van der Waals surface area contributed by atoms with E-state index in [1.54, 1.807) is 23.5 Å². The maximum absolute atomic E-state index is 13.2. The Morgan fingerprint density at radius 3 is 2.58 bits per heavy atom. The number of nitriles is 1. The second-order valence-electron chi connectivity index (χ2n) is 7.68. The summed E-state index contributed by atoms with van der Waals surface area (Å²) < 4.78 is 7.32. The van der Waals surface area contributed by atoms with E-state index in [-0.39, 0.29) is 17.0 Å². The third-order valence-corrected chi connectivity index (χ3v) is 7.03. The Balaban J connectivity index is 2.18. The van der Waals surface area contributed by atoms with Crippen LogP contribution >= 0.6 is 24.0 Å². The summed E-state index contributed by atoms with van der Waals surface area (Å²) in [6.45, 7) is 6.92. The molecule has 0 N–H and O–H groups in total. The van der Waals surface area contributed by atoms with E-state index in [4.69, 9.17) is 17.0 Å². The van der Waals surface area contributed by atoms with E-state index in [1.165, 1.54) is 11.8 Å². The Bertz CT molecular complexity index is 1000. The van der Waals surface area contributed by atoms with Crippen LogP contribution in [0.2, 0.25) is 0 Å². The van der Waals surface area contributed by atoms with Crippen molar-refractivity contribution in [2.45, 2.75) is 46.1 Å². The van der Waals surface area contributed by atoms with E-state index in [0.717, 1.165) is 50.2 Å². The molecular formula is C22H28N4O3S2. The molecule has 2 saturated heterocycles. The number of carbonyl (C=O) groups is 1. The van der Waals surface area contributed by atoms with Crippen molar-refractivity contribution < 1.29 is 9.53 Å². The molecule has 0 unspecified atom stereocenters. The van der Waals surface area contributed by atoms with Gasteiger partial charge in [0.1, 0.15) is 21.8 Å². The van der Waals surface area contributed by atoms with Crippen LogP contribution in [0, 0.1) is 18.3 Å². The number of hydrogen-bond acceptors (Lipinski definition) is 7. The normalized spacial score (nSPS) is 17.8. The van der Waals surface area contributed by atoms with Crippen molar-refractivity contribution in [3.05, 3.63) is 31.9 Å². The second-order valence-corrected chi connectivity index (χ2v) is 9.36. The quantitative estimate of drug-likeness (QED) is 0.435. The lowest BCUT2D eigenvalue weighted by Gasteiger charge is -2.27. The molecule has 166 valence electrons. The van der Waals surface area contributed by atoms with Crippen LogP contribution in [0.3, 0.4) is 0 Å². The number of anilines is 1. The summed E-state index contributed by atoms with van der Waals surface area (Å²) >= 11 is 6.66. The molecule has 1 aromatic heterocycles. The average Bonchev–Trinajstić information content (AvgIpc) is 3.37. The SMILES string of the molecule is CCCCn1c(N2CCCC2)c(/C=C2\SC(=S)N(CCOC)C2=O)c(C)c(C#N)c1=O. The highest BCUT2D eigenvalue weighted by atomic mass is 32.2. The minimum Gasteiger partial charge on any atom is -0.383 e. The summed E-state index contributed by atoms with van der Waals surface area (Å²) in [5.74, 6) is 0.651. The van der Waals surface area contributed by atoms with Crippen LogP contribution in [0.25, 0.3) is 6.08 Å². The molecule has 1 aromatic rings. The topological polar surface area (TPSA) is 78.6 Å². The number of thiocarbonyl (C=S) groups is 1. The van der Waals surface area contributed by atoms with Gasteiger partial charge in [-0.05, 0) is 37.8 Å². The molecule has 0 aliphatic carbocycles. The number of rotatable bonds is 8. The Morgan fingerprint density at radius 1 is 1.26 bits per heavy atom. The molecule has 2 aliphatic rings. The highest BCUT2D eigenvalue weighted by Crippen LogP contribution is 2.36. The lowest BCUT2D eigenvalue weighted by molar-refractivity contribution is -0.122. The van der Waals surface area contributed by atoms with E-state index in [2.05, 4.69) is 17.9 Å². The van der Waals surface area contributed by atoms with Crippen molar-refractivity contribution in [1.82, 2.24) is 9.47 Å². The number of ether oxygens (including phenoxy) is 1. The highest BCUT2D eigenvalue weighted by molar-refractivity contribution is 8.26. The molecule has 0 aromatic carbocycles. The molecule has 0 radical (unpaired) electrons. The molecular weight excluding hydrogens is 432 g/mol. The zero-order valence-corrected chi connectivity index (χ0v) is 19.9. The van der Waals surface area contributed by atoms with Gasteiger partial charge in [-0.25, -0.2) is 0 Å². The number of amides is 1. The molecule has 1 amide bonds. The Morgan fingerprint density at radius 2 is 1.97 bits per heavy atom. The van der Waals surface area contributed by atoms with Crippen molar-refractivity contribution >= 4 is 46.1 Å². The Labute approximate surface area is 192 Å². The third kappa shape index (κ3) is 4.71. The van der Waals surface area contributed by atoms with Gasteiger partial charge in [0.15, 0.2) is 0 Å². The summed E-state index contributed by atoms with van der Waals surface area (Å²) in [6, 6.07) is 2.09. The standard InChI is InChI=1S/C22H28N4O3S2/c1-4-5-10-25-19(24-8-6-7-9-24)16(15(2)17(14-23)20(25)27)13-18-21(28)26(11-12-29-3)22(30)31-18/h13H,4-12H2,1-3H3/b18-13-. The molecule has 3 heterocycles. The summed E-state index contributed by atoms with van der Waals surface area (Å²) in [4.78, 5) is 30.4. The molecule has 0 spiro atoms. The third-order valence-electron chi connectivity index (χ3n) is 5.66.